The van der Waals surface area contributed by atoms with Gasteiger partial charge in [0, 0.05) is 11.6 Å². The number of benzene rings is 2. The molecule has 0 aliphatic heterocycles. The van der Waals surface area contributed by atoms with Crippen molar-refractivity contribution in [1.29, 1.82) is 0 Å². The number of aromatic nitrogens is 3. The zero-order valence-corrected chi connectivity index (χ0v) is 15.8. The molecule has 0 fully saturated rings. The Morgan fingerprint density at radius 3 is 2.78 bits per heavy atom. The van der Waals surface area contributed by atoms with Crippen LogP contribution in [0.4, 0.5) is 5.82 Å². The number of fused-ring (bicyclic) bond motifs is 1. The van der Waals surface area contributed by atoms with Crippen LogP contribution in [0.15, 0.2) is 54.6 Å². The zero-order valence-electron chi connectivity index (χ0n) is 15.0. The number of ether oxygens (including phenoxy) is 1. The molecule has 0 saturated heterocycles. The van der Waals surface area contributed by atoms with Crippen LogP contribution < -0.4 is 10.1 Å². The lowest BCUT2D eigenvalue weighted by Gasteiger charge is -2.06. The van der Waals surface area contributed by atoms with Crippen molar-refractivity contribution >= 4 is 33.3 Å². The van der Waals surface area contributed by atoms with Crippen molar-refractivity contribution in [3.8, 4) is 10.9 Å². The number of hydrogen-bond acceptors (Lipinski definition) is 5. The van der Waals surface area contributed by atoms with Gasteiger partial charge in [-0.1, -0.05) is 35.6 Å². The number of anilines is 1. The molecule has 6 nitrogen and oxygen atoms in total. The largest absolute Gasteiger partial charge is 0.492 e. The minimum atomic E-state index is -0.187. The van der Waals surface area contributed by atoms with E-state index in [1.165, 1.54) is 11.3 Å². The second kappa shape index (κ2) is 7.20. The summed E-state index contributed by atoms with van der Waals surface area (Å²) in [6, 6.07) is 16.8. The third-order valence-electron chi connectivity index (χ3n) is 3.96. The van der Waals surface area contributed by atoms with Gasteiger partial charge in [0.25, 0.3) is 5.91 Å². The summed E-state index contributed by atoms with van der Waals surface area (Å²) in [5.74, 6) is 1.14. The van der Waals surface area contributed by atoms with Gasteiger partial charge >= 0.3 is 0 Å². The van der Waals surface area contributed by atoms with Gasteiger partial charge < -0.3 is 10.1 Å². The molecule has 1 amide bonds. The third kappa shape index (κ3) is 3.41. The summed E-state index contributed by atoms with van der Waals surface area (Å²) in [6.07, 6.45) is 0. The number of aryl methyl sites for hydroxylation is 1. The van der Waals surface area contributed by atoms with Crippen LogP contribution in [0.25, 0.3) is 15.3 Å². The molecule has 4 aromatic rings. The van der Waals surface area contributed by atoms with E-state index in [2.05, 4.69) is 10.4 Å². The van der Waals surface area contributed by atoms with Gasteiger partial charge in [-0.25, -0.2) is 4.98 Å². The maximum atomic E-state index is 12.5. The molecule has 7 heteroatoms. The Bertz CT molecular complexity index is 1100. The van der Waals surface area contributed by atoms with Crippen molar-refractivity contribution in [2.75, 3.05) is 11.9 Å². The molecule has 0 bridgehead atoms. The maximum absolute atomic E-state index is 12.5. The van der Waals surface area contributed by atoms with Crippen LogP contribution in [0, 0.1) is 6.92 Å². The molecule has 2 aromatic heterocycles. The highest BCUT2D eigenvalue weighted by Crippen LogP contribution is 2.32. The minimum absolute atomic E-state index is 0.187. The number of nitrogens with one attached hydrogen (secondary N) is 1. The topological polar surface area (TPSA) is 69.0 Å². The van der Waals surface area contributed by atoms with Crippen LogP contribution >= 0.6 is 11.3 Å². The summed E-state index contributed by atoms with van der Waals surface area (Å²) in [5.41, 5.74) is 2.18. The Hall–Kier alpha value is -3.19. The monoisotopic (exact) mass is 378 g/mol. The lowest BCUT2D eigenvalue weighted by Crippen LogP contribution is -2.14. The fourth-order valence-corrected chi connectivity index (χ4v) is 3.74. The SMILES string of the molecule is CCOc1cccc2sc(-n3nc(C)cc3NC(=O)c3ccccc3)nc12. The number of para-hydroxylation sites is 1. The summed E-state index contributed by atoms with van der Waals surface area (Å²) >= 11 is 1.50. The lowest BCUT2D eigenvalue weighted by atomic mass is 10.2. The summed E-state index contributed by atoms with van der Waals surface area (Å²) in [7, 11) is 0. The number of thiazole rings is 1. The van der Waals surface area contributed by atoms with Crippen molar-refractivity contribution < 1.29 is 9.53 Å². The van der Waals surface area contributed by atoms with E-state index < -0.39 is 0 Å². The van der Waals surface area contributed by atoms with Gasteiger partial charge in [-0.05, 0) is 38.1 Å². The summed E-state index contributed by atoms with van der Waals surface area (Å²) < 4.78 is 8.34. The molecule has 136 valence electrons. The van der Waals surface area contributed by atoms with Gasteiger partial charge in [0.1, 0.15) is 17.1 Å². The molecule has 0 aliphatic carbocycles. The fraction of sp³-hybridized carbons (Fsp3) is 0.150. The minimum Gasteiger partial charge on any atom is -0.492 e. The molecule has 0 saturated carbocycles. The van der Waals surface area contributed by atoms with E-state index in [4.69, 9.17) is 9.72 Å². The van der Waals surface area contributed by atoms with E-state index in [-0.39, 0.29) is 5.91 Å². The van der Waals surface area contributed by atoms with Crippen molar-refractivity contribution in [2.45, 2.75) is 13.8 Å². The van der Waals surface area contributed by atoms with Crippen molar-refractivity contribution in [1.82, 2.24) is 14.8 Å². The molecule has 0 aliphatic rings. The van der Waals surface area contributed by atoms with E-state index >= 15 is 0 Å². The predicted molar refractivity (Wildman–Crippen MR) is 107 cm³/mol. The molecular weight excluding hydrogens is 360 g/mol. The first-order valence-corrected chi connectivity index (χ1v) is 9.43. The maximum Gasteiger partial charge on any atom is 0.256 e. The van der Waals surface area contributed by atoms with E-state index in [1.807, 2.05) is 56.3 Å². The molecule has 0 spiro atoms. The summed E-state index contributed by atoms with van der Waals surface area (Å²) in [4.78, 5) is 17.2. The quantitative estimate of drug-likeness (QED) is 0.557. The molecule has 1 N–H and O–H groups in total. The van der Waals surface area contributed by atoms with Crippen molar-refractivity contribution in [3.05, 3.63) is 65.9 Å². The van der Waals surface area contributed by atoms with Crippen LogP contribution in [0.3, 0.4) is 0 Å². The first kappa shape index (κ1) is 17.2. The highest BCUT2D eigenvalue weighted by Gasteiger charge is 2.16. The smallest absolute Gasteiger partial charge is 0.256 e. The lowest BCUT2D eigenvalue weighted by molar-refractivity contribution is 0.102. The van der Waals surface area contributed by atoms with Crippen molar-refractivity contribution in [3.63, 3.8) is 0 Å². The molecule has 27 heavy (non-hydrogen) atoms. The van der Waals surface area contributed by atoms with E-state index in [0.717, 1.165) is 21.7 Å². The summed E-state index contributed by atoms with van der Waals surface area (Å²) in [5, 5.41) is 8.11. The fourth-order valence-electron chi connectivity index (χ4n) is 2.79. The van der Waals surface area contributed by atoms with Gasteiger partial charge in [-0.3, -0.25) is 4.79 Å². The van der Waals surface area contributed by atoms with E-state index in [9.17, 15) is 4.79 Å². The average molecular weight is 378 g/mol. The molecule has 0 unspecified atom stereocenters. The average Bonchev–Trinajstić information content (AvgIpc) is 3.26. The third-order valence-corrected chi connectivity index (χ3v) is 4.96. The predicted octanol–water partition coefficient (Wildman–Crippen LogP) is 4.44. The molecule has 2 aromatic carbocycles. The van der Waals surface area contributed by atoms with Crippen molar-refractivity contribution in [2.24, 2.45) is 0 Å². The normalized spacial score (nSPS) is 10.9. The van der Waals surface area contributed by atoms with Crippen LogP contribution in [0.1, 0.15) is 23.0 Å². The Balaban J connectivity index is 1.72. The van der Waals surface area contributed by atoms with Gasteiger partial charge in [0.15, 0.2) is 0 Å². The Morgan fingerprint density at radius 1 is 1.19 bits per heavy atom. The van der Waals surface area contributed by atoms with Gasteiger partial charge in [0.05, 0.1) is 17.0 Å². The number of carbonyl (C=O) groups is 1. The molecule has 4 rings (SSSR count). The van der Waals surface area contributed by atoms with E-state index in [0.29, 0.717) is 23.1 Å². The van der Waals surface area contributed by atoms with Crippen LogP contribution in [0.2, 0.25) is 0 Å². The Kier molecular flexibility index (Phi) is 4.60. The molecular formula is C20H18N4O2S. The highest BCUT2D eigenvalue weighted by atomic mass is 32.1. The zero-order chi connectivity index (χ0) is 18.8. The number of amides is 1. The first-order valence-electron chi connectivity index (χ1n) is 8.61. The number of hydrogen-bond donors (Lipinski definition) is 1. The Morgan fingerprint density at radius 2 is 2.00 bits per heavy atom. The standard InChI is InChI=1S/C20H18N4O2S/c1-3-26-15-10-7-11-16-18(15)22-20(27-16)24-17(12-13(2)23-24)21-19(25)14-8-5-4-6-9-14/h4-12H,3H2,1-2H3,(H,21,25). The second-order valence-corrected chi connectivity index (χ2v) is 6.94. The van der Waals surface area contributed by atoms with Gasteiger partial charge in [-0.2, -0.15) is 9.78 Å². The second-order valence-electron chi connectivity index (χ2n) is 5.94. The van der Waals surface area contributed by atoms with Crippen LogP contribution in [0.5, 0.6) is 5.75 Å². The van der Waals surface area contributed by atoms with Crippen LogP contribution in [-0.2, 0) is 0 Å². The van der Waals surface area contributed by atoms with Crippen LogP contribution in [-0.4, -0.2) is 27.3 Å². The molecule has 2 heterocycles. The molecule has 0 radical (unpaired) electrons. The highest BCUT2D eigenvalue weighted by molar-refractivity contribution is 7.20. The number of nitrogens with zero attached hydrogens (tertiary/aromatic N) is 3. The van der Waals surface area contributed by atoms with Gasteiger partial charge in [0.2, 0.25) is 5.13 Å². The number of carbonyl (C=O) groups excluding carboxylic acids is 1. The molecule has 0 atom stereocenters. The first-order chi connectivity index (χ1) is 13.2. The van der Waals surface area contributed by atoms with E-state index in [1.54, 1.807) is 16.8 Å². The Labute approximate surface area is 160 Å². The summed E-state index contributed by atoms with van der Waals surface area (Å²) in [6.45, 7) is 4.40. The number of rotatable bonds is 5. The van der Waals surface area contributed by atoms with Gasteiger partial charge in [-0.15, -0.1) is 0 Å².